The SMILES string of the molecule is CC(=O)CCC1CCc2ccccc2N1. The van der Waals surface area contributed by atoms with Crippen molar-refractivity contribution < 1.29 is 4.79 Å². The van der Waals surface area contributed by atoms with Crippen molar-refractivity contribution in [3.8, 4) is 0 Å². The van der Waals surface area contributed by atoms with Crippen LogP contribution in [0, 0.1) is 0 Å². The van der Waals surface area contributed by atoms with Crippen LogP contribution in [0.4, 0.5) is 5.69 Å². The van der Waals surface area contributed by atoms with E-state index in [4.69, 9.17) is 0 Å². The summed E-state index contributed by atoms with van der Waals surface area (Å²) in [6.07, 6.45) is 3.93. The van der Waals surface area contributed by atoms with Crippen LogP contribution in [0.15, 0.2) is 24.3 Å². The number of fused-ring (bicyclic) bond motifs is 1. The van der Waals surface area contributed by atoms with Crippen LogP contribution < -0.4 is 5.32 Å². The molecule has 80 valence electrons. The van der Waals surface area contributed by atoms with E-state index in [0.29, 0.717) is 12.5 Å². The normalized spacial score (nSPS) is 19.1. The first-order valence-electron chi connectivity index (χ1n) is 5.59. The molecule has 1 aromatic rings. The van der Waals surface area contributed by atoms with E-state index in [1.165, 1.54) is 11.3 Å². The standard InChI is InChI=1S/C13H17NO/c1-10(15)6-8-12-9-7-11-4-2-3-5-13(11)14-12/h2-5,12,14H,6-9H2,1H3. The molecule has 0 saturated heterocycles. The summed E-state index contributed by atoms with van der Waals surface area (Å²) in [4.78, 5) is 10.9. The third-order valence-electron chi connectivity index (χ3n) is 2.98. The van der Waals surface area contributed by atoms with E-state index in [-0.39, 0.29) is 5.78 Å². The molecule has 1 heterocycles. The lowest BCUT2D eigenvalue weighted by atomic mass is 9.95. The third-order valence-corrected chi connectivity index (χ3v) is 2.98. The molecule has 1 unspecified atom stereocenters. The van der Waals surface area contributed by atoms with Crippen LogP contribution in [-0.4, -0.2) is 11.8 Å². The lowest BCUT2D eigenvalue weighted by molar-refractivity contribution is -0.117. The van der Waals surface area contributed by atoms with Gasteiger partial charge in [-0.15, -0.1) is 0 Å². The monoisotopic (exact) mass is 203 g/mol. The zero-order chi connectivity index (χ0) is 10.7. The van der Waals surface area contributed by atoms with Gasteiger partial charge in [0.25, 0.3) is 0 Å². The minimum absolute atomic E-state index is 0.288. The second-order valence-corrected chi connectivity index (χ2v) is 4.28. The molecule has 2 nitrogen and oxygen atoms in total. The second kappa shape index (κ2) is 4.47. The van der Waals surface area contributed by atoms with Gasteiger partial charge in [0.2, 0.25) is 0 Å². The van der Waals surface area contributed by atoms with E-state index >= 15 is 0 Å². The van der Waals surface area contributed by atoms with Crippen LogP contribution >= 0.6 is 0 Å². The molecule has 2 heteroatoms. The average Bonchev–Trinajstić information content (AvgIpc) is 2.26. The molecule has 2 rings (SSSR count). The smallest absolute Gasteiger partial charge is 0.129 e. The summed E-state index contributed by atoms with van der Waals surface area (Å²) < 4.78 is 0. The molecule has 1 aliphatic heterocycles. The predicted octanol–water partition coefficient (Wildman–Crippen LogP) is 2.78. The molecule has 15 heavy (non-hydrogen) atoms. The van der Waals surface area contributed by atoms with Crippen molar-refractivity contribution in [3.05, 3.63) is 29.8 Å². The number of rotatable bonds is 3. The van der Waals surface area contributed by atoms with Crippen LogP contribution in [0.1, 0.15) is 31.7 Å². The fourth-order valence-corrected chi connectivity index (χ4v) is 2.09. The van der Waals surface area contributed by atoms with Crippen molar-refractivity contribution in [2.24, 2.45) is 0 Å². The van der Waals surface area contributed by atoms with Crippen molar-refractivity contribution in [1.82, 2.24) is 0 Å². The van der Waals surface area contributed by atoms with Crippen LogP contribution in [-0.2, 0) is 11.2 Å². The summed E-state index contributed by atoms with van der Waals surface area (Å²) >= 11 is 0. The summed E-state index contributed by atoms with van der Waals surface area (Å²) in [5, 5.41) is 3.50. The van der Waals surface area contributed by atoms with Gasteiger partial charge in [0.15, 0.2) is 0 Å². The topological polar surface area (TPSA) is 29.1 Å². The molecule has 0 saturated carbocycles. The van der Waals surface area contributed by atoms with Gasteiger partial charge in [-0.2, -0.15) is 0 Å². The molecule has 1 aromatic carbocycles. The molecule has 0 fully saturated rings. The van der Waals surface area contributed by atoms with Gasteiger partial charge in [0.1, 0.15) is 5.78 Å². The number of aryl methyl sites for hydroxylation is 1. The first kappa shape index (κ1) is 10.2. The zero-order valence-electron chi connectivity index (χ0n) is 9.12. The third kappa shape index (κ3) is 2.58. The van der Waals surface area contributed by atoms with Crippen molar-refractivity contribution in [2.75, 3.05) is 5.32 Å². The number of ketones is 1. The van der Waals surface area contributed by atoms with Crippen molar-refractivity contribution in [3.63, 3.8) is 0 Å². The highest BCUT2D eigenvalue weighted by Crippen LogP contribution is 2.25. The Kier molecular flexibility index (Phi) is 3.05. The van der Waals surface area contributed by atoms with Crippen LogP contribution in [0.3, 0.4) is 0 Å². The van der Waals surface area contributed by atoms with E-state index in [9.17, 15) is 4.79 Å². The predicted molar refractivity (Wildman–Crippen MR) is 62.1 cm³/mol. The maximum atomic E-state index is 10.9. The molecule has 1 atom stereocenters. The van der Waals surface area contributed by atoms with Crippen molar-refractivity contribution >= 4 is 11.5 Å². The number of hydrogen-bond donors (Lipinski definition) is 1. The maximum absolute atomic E-state index is 10.9. The quantitative estimate of drug-likeness (QED) is 0.818. The molecular formula is C13H17NO. The number of carbonyl (C=O) groups excluding carboxylic acids is 1. The second-order valence-electron chi connectivity index (χ2n) is 4.28. The Bertz CT molecular complexity index is 359. The van der Waals surface area contributed by atoms with Gasteiger partial charge in [0.05, 0.1) is 0 Å². The Morgan fingerprint density at radius 1 is 1.47 bits per heavy atom. The highest BCUT2D eigenvalue weighted by molar-refractivity contribution is 5.75. The molecular weight excluding hydrogens is 186 g/mol. The van der Waals surface area contributed by atoms with Gasteiger partial charge in [-0.25, -0.2) is 0 Å². The minimum Gasteiger partial charge on any atom is -0.382 e. The molecule has 0 amide bonds. The highest BCUT2D eigenvalue weighted by atomic mass is 16.1. The van der Waals surface area contributed by atoms with Gasteiger partial charge in [-0.1, -0.05) is 18.2 Å². The van der Waals surface area contributed by atoms with Crippen LogP contribution in [0.25, 0.3) is 0 Å². The number of carbonyl (C=O) groups is 1. The zero-order valence-corrected chi connectivity index (χ0v) is 9.12. The summed E-state index contributed by atoms with van der Waals surface area (Å²) in [5.41, 5.74) is 2.65. The summed E-state index contributed by atoms with van der Waals surface area (Å²) in [5.74, 6) is 0.288. The molecule has 0 aliphatic carbocycles. The molecule has 0 aromatic heterocycles. The summed E-state index contributed by atoms with van der Waals surface area (Å²) in [7, 11) is 0. The number of nitrogens with one attached hydrogen (secondary N) is 1. The molecule has 0 bridgehead atoms. The number of Topliss-reactive ketones (excluding diaryl/α,β-unsaturated/α-hetero) is 1. The molecule has 1 aliphatic rings. The first-order valence-corrected chi connectivity index (χ1v) is 5.59. The van der Waals surface area contributed by atoms with Gasteiger partial charge in [-0.3, -0.25) is 0 Å². The van der Waals surface area contributed by atoms with E-state index in [0.717, 1.165) is 19.3 Å². The largest absolute Gasteiger partial charge is 0.382 e. The molecule has 1 N–H and O–H groups in total. The molecule has 0 spiro atoms. The fourth-order valence-electron chi connectivity index (χ4n) is 2.09. The van der Waals surface area contributed by atoms with Crippen LogP contribution in [0.5, 0.6) is 0 Å². The van der Waals surface area contributed by atoms with Crippen molar-refractivity contribution in [1.29, 1.82) is 0 Å². The Labute approximate surface area is 90.7 Å². The summed E-state index contributed by atoms with van der Waals surface area (Å²) in [6.45, 7) is 1.66. The first-order chi connectivity index (χ1) is 7.25. The van der Waals surface area contributed by atoms with Gasteiger partial charge in [0, 0.05) is 18.2 Å². The van der Waals surface area contributed by atoms with E-state index in [1.54, 1.807) is 6.92 Å². The van der Waals surface area contributed by atoms with E-state index in [2.05, 4.69) is 29.6 Å². The number of benzene rings is 1. The lowest BCUT2D eigenvalue weighted by Gasteiger charge is -2.26. The lowest BCUT2D eigenvalue weighted by Crippen LogP contribution is -2.25. The summed E-state index contributed by atoms with van der Waals surface area (Å²) in [6, 6.07) is 8.90. The van der Waals surface area contributed by atoms with E-state index < -0.39 is 0 Å². The van der Waals surface area contributed by atoms with Gasteiger partial charge in [-0.05, 0) is 37.8 Å². The van der Waals surface area contributed by atoms with Crippen LogP contribution in [0.2, 0.25) is 0 Å². The Balaban J connectivity index is 1.96. The number of para-hydroxylation sites is 1. The molecule has 0 radical (unpaired) electrons. The van der Waals surface area contributed by atoms with Gasteiger partial charge >= 0.3 is 0 Å². The average molecular weight is 203 g/mol. The Hall–Kier alpha value is -1.31. The van der Waals surface area contributed by atoms with E-state index in [1.807, 2.05) is 0 Å². The Morgan fingerprint density at radius 3 is 3.07 bits per heavy atom. The minimum atomic E-state index is 0.288. The van der Waals surface area contributed by atoms with Gasteiger partial charge < -0.3 is 10.1 Å². The maximum Gasteiger partial charge on any atom is 0.129 e. The number of anilines is 1. The fraction of sp³-hybridized carbons (Fsp3) is 0.462. The number of hydrogen-bond acceptors (Lipinski definition) is 2. The van der Waals surface area contributed by atoms with Crippen molar-refractivity contribution in [2.45, 2.75) is 38.6 Å². The Morgan fingerprint density at radius 2 is 2.27 bits per heavy atom. The highest BCUT2D eigenvalue weighted by Gasteiger charge is 2.16.